The average Bonchev–Trinajstić information content (AvgIpc) is 3.45. The molecule has 1 atom stereocenters. The molecule has 2 aliphatic heterocycles. The van der Waals surface area contributed by atoms with E-state index in [0.717, 1.165) is 41.5 Å². The summed E-state index contributed by atoms with van der Waals surface area (Å²) < 4.78 is 13.5. The number of benzene rings is 2. The fourth-order valence-electron chi connectivity index (χ4n) is 4.42. The Morgan fingerprint density at radius 1 is 1.09 bits per heavy atom. The maximum atomic E-state index is 13.3. The zero-order chi connectivity index (χ0) is 24.2. The molecule has 0 aliphatic carbocycles. The van der Waals surface area contributed by atoms with Crippen LogP contribution in [0.25, 0.3) is 0 Å². The Balaban J connectivity index is 1.22. The van der Waals surface area contributed by atoms with Crippen LogP contribution in [0.2, 0.25) is 0 Å². The van der Waals surface area contributed by atoms with Crippen LogP contribution in [0.3, 0.4) is 0 Å². The molecule has 1 fully saturated rings. The molecule has 182 valence electrons. The summed E-state index contributed by atoms with van der Waals surface area (Å²) in [5.41, 5.74) is 2.33. The number of imidazole rings is 1. The van der Waals surface area contributed by atoms with Crippen molar-refractivity contribution in [3.8, 4) is 11.5 Å². The van der Waals surface area contributed by atoms with Crippen molar-refractivity contribution in [1.29, 1.82) is 0 Å². The molecule has 1 aromatic heterocycles. The number of anilines is 1. The monoisotopic (exact) mass is 492 g/mol. The molecule has 0 spiro atoms. The first-order chi connectivity index (χ1) is 17.1. The second-order valence-electron chi connectivity index (χ2n) is 8.65. The minimum absolute atomic E-state index is 0.00202. The molecule has 3 aromatic rings. The van der Waals surface area contributed by atoms with Crippen molar-refractivity contribution >= 4 is 29.3 Å². The lowest BCUT2D eigenvalue weighted by atomic mass is 10.0. The van der Waals surface area contributed by atoms with E-state index in [1.54, 1.807) is 30.5 Å². The molecule has 2 aromatic carbocycles. The Hall–Kier alpha value is -3.46. The van der Waals surface area contributed by atoms with Gasteiger partial charge in [0.2, 0.25) is 5.91 Å². The summed E-state index contributed by atoms with van der Waals surface area (Å²) in [5.74, 6) is 1.64. The van der Waals surface area contributed by atoms with Crippen LogP contribution in [0.1, 0.15) is 41.2 Å². The number of nitrogens with one attached hydrogen (secondary N) is 1. The van der Waals surface area contributed by atoms with E-state index in [2.05, 4.69) is 10.3 Å². The first-order valence-corrected chi connectivity index (χ1v) is 12.8. The van der Waals surface area contributed by atoms with Crippen LogP contribution in [-0.2, 0) is 11.8 Å². The SMILES string of the molecule is Cn1ccnc1SCC(=O)Nc1ccc(C(=O)N2CCCC2c2ccc3c(c2)OCCCO3)cc1. The third-order valence-electron chi connectivity index (χ3n) is 6.19. The smallest absolute Gasteiger partial charge is 0.254 e. The predicted octanol–water partition coefficient (Wildman–Crippen LogP) is 4.29. The van der Waals surface area contributed by atoms with Crippen LogP contribution >= 0.6 is 11.8 Å². The number of aryl methyl sites for hydroxylation is 1. The summed E-state index contributed by atoms with van der Waals surface area (Å²) in [6.45, 7) is 2.00. The summed E-state index contributed by atoms with van der Waals surface area (Å²) in [6.07, 6.45) is 6.27. The summed E-state index contributed by atoms with van der Waals surface area (Å²) in [5, 5.41) is 3.67. The minimum Gasteiger partial charge on any atom is -0.490 e. The number of nitrogens with zero attached hydrogens (tertiary/aromatic N) is 3. The molecule has 2 amide bonds. The van der Waals surface area contributed by atoms with Gasteiger partial charge in [0.15, 0.2) is 16.7 Å². The van der Waals surface area contributed by atoms with Gasteiger partial charge in [0.05, 0.1) is 25.0 Å². The zero-order valence-corrected chi connectivity index (χ0v) is 20.4. The highest BCUT2D eigenvalue weighted by atomic mass is 32.2. The molecule has 8 nitrogen and oxygen atoms in total. The third kappa shape index (κ3) is 5.30. The number of hydrogen-bond acceptors (Lipinski definition) is 6. The largest absolute Gasteiger partial charge is 0.490 e. The zero-order valence-electron chi connectivity index (χ0n) is 19.6. The minimum atomic E-state index is -0.119. The number of thioether (sulfide) groups is 1. The standard InChI is InChI=1S/C26H28N4O4S/c1-29-13-11-27-26(29)35-17-24(31)28-20-8-5-18(6-9-20)25(32)30-12-2-4-21(30)19-7-10-22-23(16-19)34-15-3-14-33-22/h5-11,13,16,21H,2-4,12,14-15,17H2,1H3,(H,28,31). The molecule has 0 saturated carbocycles. The number of aromatic nitrogens is 2. The number of ether oxygens (including phenoxy) is 2. The highest BCUT2D eigenvalue weighted by molar-refractivity contribution is 7.99. The molecule has 9 heteroatoms. The van der Waals surface area contributed by atoms with Gasteiger partial charge in [-0.1, -0.05) is 17.8 Å². The number of amides is 2. The summed E-state index contributed by atoms with van der Waals surface area (Å²) in [6, 6.07) is 13.1. The molecule has 1 saturated heterocycles. The van der Waals surface area contributed by atoms with Gasteiger partial charge in [-0.3, -0.25) is 9.59 Å². The van der Waals surface area contributed by atoms with Crippen LogP contribution in [0.15, 0.2) is 60.0 Å². The van der Waals surface area contributed by atoms with E-state index >= 15 is 0 Å². The summed E-state index contributed by atoms with van der Waals surface area (Å²) in [7, 11) is 1.89. The molecule has 2 aliphatic rings. The van der Waals surface area contributed by atoms with Gasteiger partial charge in [0.25, 0.3) is 5.91 Å². The Labute approximate surface area is 208 Å². The van der Waals surface area contributed by atoms with Crippen molar-refractivity contribution in [2.45, 2.75) is 30.5 Å². The van der Waals surface area contributed by atoms with Crippen molar-refractivity contribution in [3.05, 3.63) is 66.0 Å². The lowest BCUT2D eigenvalue weighted by Crippen LogP contribution is -2.30. The highest BCUT2D eigenvalue weighted by Gasteiger charge is 2.31. The molecule has 3 heterocycles. The second kappa shape index (κ2) is 10.4. The van der Waals surface area contributed by atoms with Gasteiger partial charge in [-0.2, -0.15) is 0 Å². The van der Waals surface area contributed by atoms with E-state index < -0.39 is 0 Å². The van der Waals surface area contributed by atoms with Gasteiger partial charge in [-0.15, -0.1) is 0 Å². The van der Waals surface area contributed by atoms with Gasteiger partial charge in [0.1, 0.15) is 0 Å². The second-order valence-corrected chi connectivity index (χ2v) is 9.59. The van der Waals surface area contributed by atoms with Crippen LogP contribution in [-0.4, -0.2) is 51.8 Å². The van der Waals surface area contributed by atoms with Crippen LogP contribution in [0.4, 0.5) is 5.69 Å². The normalized spacial score (nSPS) is 17.2. The van der Waals surface area contributed by atoms with E-state index in [9.17, 15) is 9.59 Å². The van der Waals surface area contributed by atoms with Gasteiger partial charge in [-0.25, -0.2) is 4.98 Å². The number of fused-ring (bicyclic) bond motifs is 1. The lowest BCUT2D eigenvalue weighted by molar-refractivity contribution is -0.113. The first kappa shape index (κ1) is 23.3. The van der Waals surface area contributed by atoms with Gasteiger partial charge >= 0.3 is 0 Å². The fourth-order valence-corrected chi connectivity index (χ4v) is 5.16. The summed E-state index contributed by atoms with van der Waals surface area (Å²) in [4.78, 5) is 31.8. The molecule has 0 bridgehead atoms. The average molecular weight is 493 g/mol. The predicted molar refractivity (Wildman–Crippen MR) is 134 cm³/mol. The van der Waals surface area contributed by atoms with Crippen molar-refractivity contribution in [2.24, 2.45) is 7.05 Å². The van der Waals surface area contributed by atoms with E-state index in [1.165, 1.54) is 11.8 Å². The van der Waals surface area contributed by atoms with Crippen LogP contribution in [0.5, 0.6) is 11.5 Å². The fraction of sp³-hybridized carbons (Fsp3) is 0.346. The van der Waals surface area contributed by atoms with Gasteiger partial charge in [-0.05, 0) is 54.8 Å². The number of carbonyl (C=O) groups is 2. The Kier molecular flexibility index (Phi) is 6.94. The maximum Gasteiger partial charge on any atom is 0.254 e. The molecule has 1 N–H and O–H groups in total. The Morgan fingerprint density at radius 3 is 2.66 bits per heavy atom. The Bertz CT molecular complexity index is 1210. The quantitative estimate of drug-likeness (QED) is 0.517. The van der Waals surface area contributed by atoms with Crippen LogP contribution in [0, 0.1) is 0 Å². The number of likely N-dealkylation sites (tertiary alicyclic amines) is 1. The molecule has 1 unspecified atom stereocenters. The molecule has 35 heavy (non-hydrogen) atoms. The van der Waals surface area contributed by atoms with Crippen molar-refractivity contribution in [1.82, 2.24) is 14.5 Å². The van der Waals surface area contributed by atoms with Gasteiger partial charge < -0.3 is 24.3 Å². The topological polar surface area (TPSA) is 85.7 Å². The van der Waals surface area contributed by atoms with E-state index in [-0.39, 0.29) is 23.6 Å². The third-order valence-corrected chi connectivity index (χ3v) is 7.25. The number of carbonyl (C=O) groups excluding carboxylic acids is 2. The van der Waals surface area contributed by atoms with Gasteiger partial charge in [0, 0.05) is 43.7 Å². The molecular formula is C26H28N4O4S. The van der Waals surface area contributed by atoms with E-state index in [0.29, 0.717) is 31.0 Å². The molecular weight excluding hydrogens is 464 g/mol. The molecule has 5 rings (SSSR count). The van der Waals surface area contributed by atoms with Crippen LogP contribution < -0.4 is 14.8 Å². The maximum absolute atomic E-state index is 13.3. The van der Waals surface area contributed by atoms with E-state index in [1.807, 2.05) is 40.9 Å². The number of hydrogen-bond donors (Lipinski definition) is 1. The van der Waals surface area contributed by atoms with Crippen molar-refractivity contribution in [2.75, 3.05) is 30.8 Å². The number of rotatable bonds is 6. The molecule has 0 radical (unpaired) electrons. The summed E-state index contributed by atoms with van der Waals surface area (Å²) >= 11 is 1.38. The Morgan fingerprint density at radius 2 is 1.89 bits per heavy atom. The van der Waals surface area contributed by atoms with Crippen molar-refractivity contribution < 1.29 is 19.1 Å². The lowest BCUT2D eigenvalue weighted by Gasteiger charge is -2.26. The van der Waals surface area contributed by atoms with E-state index in [4.69, 9.17) is 9.47 Å². The van der Waals surface area contributed by atoms with Crippen molar-refractivity contribution in [3.63, 3.8) is 0 Å². The first-order valence-electron chi connectivity index (χ1n) is 11.8. The highest BCUT2D eigenvalue weighted by Crippen LogP contribution is 2.38.